The number of hydrogen-bond donors (Lipinski definition) is 1. The first-order chi connectivity index (χ1) is 9.40. The van der Waals surface area contributed by atoms with Gasteiger partial charge in [-0.1, -0.05) is 18.0 Å². The second-order valence-electron chi connectivity index (χ2n) is 5.31. The van der Waals surface area contributed by atoms with Gasteiger partial charge in [0.2, 0.25) is 0 Å². The van der Waals surface area contributed by atoms with E-state index in [1.54, 1.807) is 19.2 Å². The Hall–Kier alpha value is -0.940. The average Bonchev–Trinajstić information content (AvgIpc) is 2.41. The second kappa shape index (κ2) is 6.22. The molecule has 1 saturated carbocycles. The Balaban J connectivity index is 2.10. The van der Waals surface area contributed by atoms with E-state index >= 15 is 0 Å². The van der Waals surface area contributed by atoms with Crippen LogP contribution in [-0.2, 0) is 9.84 Å². The summed E-state index contributed by atoms with van der Waals surface area (Å²) in [5.74, 6) is 0.729. The average molecular weight is 318 g/mol. The quantitative estimate of drug-likeness (QED) is 0.927. The summed E-state index contributed by atoms with van der Waals surface area (Å²) < 4.78 is 28.5. The molecule has 1 N–H and O–H groups in total. The van der Waals surface area contributed by atoms with Crippen LogP contribution in [0.3, 0.4) is 0 Å². The Morgan fingerprint density at radius 3 is 2.75 bits per heavy atom. The van der Waals surface area contributed by atoms with Gasteiger partial charge in [-0.2, -0.15) is 0 Å². The molecule has 2 atom stereocenters. The predicted molar refractivity (Wildman–Crippen MR) is 82.5 cm³/mol. The maximum absolute atomic E-state index is 11.7. The number of anilines is 1. The van der Waals surface area contributed by atoms with Gasteiger partial charge < -0.3 is 10.1 Å². The summed E-state index contributed by atoms with van der Waals surface area (Å²) in [6, 6.07) is 5.55. The zero-order chi connectivity index (χ0) is 14.8. The fourth-order valence-corrected chi connectivity index (χ4v) is 3.98. The van der Waals surface area contributed by atoms with Crippen LogP contribution in [0.25, 0.3) is 0 Å². The highest BCUT2D eigenvalue weighted by atomic mass is 35.5. The molecule has 2 rings (SSSR count). The van der Waals surface area contributed by atoms with Crippen LogP contribution in [0.15, 0.2) is 18.2 Å². The van der Waals surface area contributed by atoms with Gasteiger partial charge in [-0.05, 0) is 31.4 Å². The van der Waals surface area contributed by atoms with Crippen molar-refractivity contribution in [2.24, 2.45) is 0 Å². The molecule has 1 fully saturated rings. The van der Waals surface area contributed by atoms with Crippen molar-refractivity contribution < 1.29 is 13.2 Å². The Kier molecular flexibility index (Phi) is 4.81. The molecule has 0 heterocycles. The Morgan fingerprint density at radius 2 is 2.10 bits per heavy atom. The predicted octanol–water partition coefficient (Wildman–Crippen LogP) is 3.12. The van der Waals surface area contributed by atoms with Crippen LogP contribution in [0.4, 0.5) is 5.69 Å². The number of hydrogen-bond acceptors (Lipinski definition) is 4. The van der Waals surface area contributed by atoms with Crippen LogP contribution in [0.1, 0.15) is 25.7 Å². The van der Waals surface area contributed by atoms with Crippen LogP contribution in [0.5, 0.6) is 5.75 Å². The van der Waals surface area contributed by atoms with E-state index in [0.29, 0.717) is 11.4 Å². The van der Waals surface area contributed by atoms with Gasteiger partial charge >= 0.3 is 0 Å². The third-order valence-corrected chi connectivity index (χ3v) is 5.73. The van der Waals surface area contributed by atoms with Gasteiger partial charge in [-0.25, -0.2) is 8.42 Å². The van der Waals surface area contributed by atoms with E-state index in [1.165, 1.54) is 6.26 Å². The van der Waals surface area contributed by atoms with Gasteiger partial charge in [0.1, 0.15) is 15.6 Å². The van der Waals surface area contributed by atoms with Gasteiger partial charge in [0, 0.05) is 18.4 Å². The van der Waals surface area contributed by atoms with Gasteiger partial charge in [0.15, 0.2) is 0 Å². The van der Waals surface area contributed by atoms with Crippen molar-refractivity contribution in [1.82, 2.24) is 0 Å². The molecule has 0 aliphatic heterocycles. The molecule has 4 nitrogen and oxygen atoms in total. The van der Waals surface area contributed by atoms with Gasteiger partial charge in [0.05, 0.1) is 23.1 Å². The first-order valence-electron chi connectivity index (χ1n) is 6.69. The smallest absolute Gasteiger partial charge is 0.150 e. The molecule has 2 unspecified atom stereocenters. The van der Waals surface area contributed by atoms with Crippen molar-refractivity contribution in [2.45, 2.75) is 37.0 Å². The van der Waals surface area contributed by atoms with Crippen LogP contribution in [0, 0.1) is 0 Å². The van der Waals surface area contributed by atoms with Gasteiger partial charge in [-0.3, -0.25) is 0 Å². The monoisotopic (exact) mass is 317 g/mol. The van der Waals surface area contributed by atoms with Crippen molar-refractivity contribution in [3.8, 4) is 5.75 Å². The topological polar surface area (TPSA) is 55.4 Å². The molecule has 0 spiro atoms. The Labute approximate surface area is 125 Å². The van der Waals surface area contributed by atoms with Crippen LogP contribution >= 0.6 is 11.6 Å². The highest BCUT2D eigenvalue weighted by Crippen LogP contribution is 2.31. The molecule has 0 radical (unpaired) electrons. The van der Waals surface area contributed by atoms with Crippen molar-refractivity contribution in [3.05, 3.63) is 23.2 Å². The number of benzene rings is 1. The van der Waals surface area contributed by atoms with E-state index in [1.807, 2.05) is 6.07 Å². The zero-order valence-corrected chi connectivity index (χ0v) is 13.3. The van der Waals surface area contributed by atoms with Crippen molar-refractivity contribution in [1.29, 1.82) is 0 Å². The lowest BCUT2D eigenvalue weighted by atomic mass is 9.94. The van der Waals surface area contributed by atoms with Crippen molar-refractivity contribution >= 4 is 27.1 Å². The minimum Gasteiger partial charge on any atom is -0.497 e. The molecule has 0 bridgehead atoms. The maximum Gasteiger partial charge on any atom is 0.150 e. The molecule has 112 valence electrons. The largest absolute Gasteiger partial charge is 0.497 e. The summed E-state index contributed by atoms with van der Waals surface area (Å²) in [5, 5.41) is 3.72. The van der Waals surface area contributed by atoms with Crippen LogP contribution in [-0.4, -0.2) is 33.1 Å². The SMILES string of the molecule is COc1ccc(Cl)c(NC2CCCC(S(C)(=O)=O)C2)c1. The molecular formula is C14H20ClNO3S. The lowest BCUT2D eigenvalue weighted by Gasteiger charge is -2.29. The molecule has 1 aliphatic carbocycles. The van der Waals surface area contributed by atoms with Crippen molar-refractivity contribution in [3.63, 3.8) is 0 Å². The summed E-state index contributed by atoms with van der Waals surface area (Å²) >= 11 is 6.16. The summed E-state index contributed by atoms with van der Waals surface area (Å²) in [6.07, 6.45) is 4.57. The fraction of sp³-hybridized carbons (Fsp3) is 0.571. The van der Waals surface area contributed by atoms with Gasteiger partial charge in [0.25, 0.3) is 0 Å². The first kappa shape index (κ1) is 15.4. The molecule has 1 aliphatic rings. The lowest BCUT2D eigenvalue weighted by molar-refractivity contribution is 0.414. The third-order valence-electron chi connectivity index (χ3n) is 3.76. The van der Waals surface area contributed by atoms with Crippen LogP contribution in [0.2, 0.25) is 5.02 Å². The molecule has 1 aromatic carbocycles. The Morgan fingerprint density at radius 1 is 1.35 bits per heavy atom. The molecule has 0 amide bonds. The van der Waals surface area contributed by atoms with Gasteiger partial charge in [-0.15, -0.1) is 0 Å². The highest BCUT2D eigenvalue weighted by Gasteiger charge is 2.29. The molecular weight excluding hydrogens is 298 g/mol. The number of nitrogens with one attached hydrogen (secondary N) is 1. The number of rotatable bonds is 4. The number of sulfone groups is 1. The van der Waals surface area contributed by atoms with Crippen molar-refractivity contribution in [2.75, 3.05) is 18.7 Å². The molecule has 6 heteroatoms. The lowest BCUT2D eigenvalue weighted by Crippen LogP contribution is -2.34. The minimum absolute atomic E-state index is 0.132. The molecule has 0 aromatic heterocycles. The summed E-state index contributed by atoms with van der Waals surface area (Å²) in [4.78, 5) is 0. The summed E-state index contributed by atoms with van der Waals surface area (Å²) in [7, 11) is -1.37. The Bertz CT molecular complexity index is 574. The minimum atomic E-state index is -2.97. The van der Waals surface area contributed by atoms with E-state index < -0.39 is 9.84 Å². The maximum atomic E-state index is 11.7. The fourth-order valence-electron chi connectivity index (χ4n) is 2.63. The van der Waals surface area contributed by atoms with E-state index in [2.05, 4.69) is 5.32 Å². The normalized spacial score (nSPS) is 23.4. The van der Waals surface area contributed by atoms with Crippen LogP contribution < -0.4 is 10.1 Å². The zero-order valence-electron chi connectivity index (χ0n) is 11.7. The number of methoxy groups -OCH3 is 1. The highest BCUT2D eigenvalue weighted by molar-refractivity contribution is 7.91. The second-order valence-corrected chi connectivity index (χ2v) is 8.04. The third kappa shape index (κ3) is 3.79. The molecule has 20 heavy (non-hydrogen) atoms. The molecule has 0 saturated heterocycles. The number of halogens is 1. The standard InChI is InChI=1S/C14H20ClNO3S/c1-19-11-6-7-13(15)14(9-11)16-10-4-3-5-12(8-10)20(2,17)18/h6-7,9-10,12,16H,3-5,8H2,1-2H3. The molecule has 1 aromatic rings. The van der Waals surface area contributed by atoms with E-state index in [9.17, 15) is 8.42 Å². The first-order valence-corrected chi connectivity index (χ1v) is 9.02. The van der Waals surface area contributed by atoms with E-state index in [4.69, 9.17) is 16.3 Å². The summed E-state index contributed by atoms with van der Waals surface area (Å²) in [6.45, 7) is 0. The number of ether oxygens (including phenoxy) is 1. The van der Waals surface area contributed by atoms with E-state index in [0.717, 1.165) is 30.7 Å². The van der Waals surface area contributed by atoms with E-state index in [-0.39, 0.29) is 11.3 Å². The summed E-state index contributed by atoms with van der Waals surface area (Å²) in [5.41, 5.74) is 0.796.